The molecule has 1 aromatic rings. The van der Waals surface area contributed by atoms with Crippen LogP contribution in [0.1, 0.15) is 31.2 Å². The summed E-state index contributed by atoms with van der Waals surface area (Å²) in [5.74, 6) is 0. The highest BCUT2D eigenvalue weighted by atomic mass is 16.3. The van der Waals surface area contributed by atoms with Gasteiger partial charge in [0.05, 0.1) is 12.1 Å². The van der Waals surface area contributed by atoms with Gasteiger partial charge in [-0.05, 0) is 31.9 Å². The number of nitrogens with zero attached hydrogens (tertiary/aromatic N) is 1. The highest BCUT2D eigenvalue weighted by Gasteiger charge is 2.29. The lowest BCUT2D eigenvalue weighted by Crippen LogP contribution is -2.45. The summed E-state index contributed by atoms with van der Waals surface area (Å²) in [6.45, 7) is 2.01. The summed E-state index contributed by atoms with van der Waals surface area (Å²) >= 11 is 0. The van der Waals surface area contributed by atoms with Gasteiger partial charge in [-0.15, -0.1) is 0 Å². The first-order chi connectivity index (χ1) is 8.22. The van der Waals surface area contributed by atoms with Crippen LogP contribution in [0.3, 0.4) is 0 Å². The SMILES string of the molecule is Cc1ccc(N([C]=O)C2CCCCC2O)cc1. The van der Waals surface area contributed by atoms with E-state index in [0.29, 0.717) is 0 Å². The van der Waals surface area contributed by atoms with Gasteiger partial charge in [-0.3, -0.25) is 9.69 Å². The predicted octanol–water partition coefficient (Wildman–Crippen LogP) is 2.17. The predicted molar refractivity (Wildman–Crippen MR) is 67.6 cm³/mol. The number of aliphatic hydroxyl groups excluding tert-OH is 1. The Labute approximate surface area is 102 Å². The van der Waals surface area contributed by atoms with Crippen molar-refractivity contribution in [2.45, 2.75) is 44.8 Å². The van der Waals surface area contributed by atoms with Crippen molar-refractivity contribution in [3.05, 3.63) is 29.8 Å². The lowest BCUT2D eigenvalue weighted by atomic mass is 9.91. The molecule has 0 spiro atoms. The van der Waals surface area contributed by atoms with Gasteiger partial charge in [-0.1, -0.05) is 30.5 Å². The molecule has 2 rings (SSSR count). The fourth-order valence-corrected chi connectivity index (χ4v) is 2.41. The Balaban J connectivity index is 2.20. The third kappa shape index (κ3) is 2.67. The number of carbonyl (C=O) groups excluding carboxylic acids is 1. The van der Waals surface area contributed by atoms with E-state index in [-0.39, 0.29) is 6.04 Å². The van der Waals surface area contributed by atoms with Crippen LogP contribution in [0.15, 0.2) is 24.3 Å². The van der Waals surface area contributed by atoms with Gasteiger partial charge in [0, 0.05) is 5.69 Å². The Bertz CT molecular complexity index is 374. The van der Waals surface area contributed by atoms with Gasteiger partial charge in [-0.25, -0.2) is 0 Å². The molecule has 2 atom stereocenters. The van der Waals surface area contributed by atoms with Crippen LogP contribution in [0.25, 0.3) is 0 Å². The van der Waals surface area contributed by atoms with Crippen LogP contribution in [0.2, 0.25) is 0 Å². The van der Waals surface area contributed by atoms with Crippen LogP contribution >= 0.6 is 0 Å². The third-order valence-electron chi connectivity index (χ3n) is 3.44. The van der Waals surface area contributed by atoms with Gasteiger partial charge in [0.15, 0.2) is 0 Å². The number of anilines is 1. The number of rotatable bonds is 3. The minimum absolute atomic E-state index is 0.121. The monoisotopic (exact) mass is 232 g/mol. The summed E-state index contributed by atoms with van der Waals surface area (Å²) in [6, 6.07) is 7.62. The van der Waals surface area contributed by atoms with Crippen LogP contribution < -0.4 is 4.90 Å². The van der Waals surface area contributed by atoms with E-state index in [0.717, 1.165) is 36.9 Å². The molecule has 1 aromatic carbocycles. The summed E-state index contributed by atoms with van der Waals surface area (Å²) < 4.78 is 0. The summed E-state index contributed by atoms with van der Waals surface area (Å²) in [5, 5.41) is 9.97. The fourth-order valence-electron chi connectivity index (χ4n) is 2.41. The second kappa shape index (κ2) is 5.32. The average molecular weight is 232 g/mol. The van der Waals surface area contributed by atoms with Crippen molar-refractivity contribution in [1.82, 2.24) is 0 Å². The number of hydrogen-bond donors (Lipinski definition) is 1. The first kappa shape index (κ1) is 12.1. The molecule has 0 bridgehead atoms. The van der Waals surface area contributed by atoms with E-state index in [1.807, 2.05) is 37.6 Å². The molecule has 91 valence electrons. The zero-order valence-corrected chi connectivity index (χ0v) is 10.1. The minimum Gasteiger partial charge on any atom is -0.391 e. The third-order valence-corrected chi connectivity index (χ3v) is 3.44. The average Bonchev–Trinajstić information content (AvgIpc) is 2.35. The van der Waals surface area contributed by atoms with Crippen molar-refractivity contribution in [2.75, 3.05) is 4.90 Å². The smallest absolute Gasteiger partial charge is 0.317 e. The fraction of sp³-hybridized carbons (Fsp3) is 0.500. The van der Waals surface area contributed by atoms with Crippen LogP contribution in [0, 0.1) is 6.92 Å². The highest BCUT2D eigenvalue weighted by Crippen LogP contribution is 2.26. The minimum atomic E-state index is -0.425. The van der Waals surface area contributed by atoms with Crippen molar-refractivity contribution in [1.29, 1.82) is 0 Å². The van der Waals surface area contributed by atoms with Gasteiger partial charge in [0.2, 0.25) is 0 Å². The number of amides is 1. The number of aryl methyl sites for hydroxylation is 1. The second-order valence-electron chi connectivity index (χ2n) is 4.72. The van der Waals surface area contributed by atoms with E-state index < -0.39 is 6.10 Å². The maximum absolute atomic E-state index is 11.1. The van der Waals surface area contributed by atoms with E-state index in [9.17, 15) is 9.90 Å². The molecule has 2 unspecified atom stereocenters. The molecule has 1 amide bonds. The molecular formula is C14H18NO2. The van der Waals surface area contributed by atoms with Gasteiger partial charge >= 0.3 is 6.41 Å². The van der Waals surface area contributed by atoms with E-state index in [2.05, 4.69) is 0 Å². The summed E-state index contributed by atoms with van der Waals surface area (Å²) in [6.07, 6.45) is 5.26. The molecule has 0 aromatic heterocycles. The lowest BCUT2D eigenvalue weighted by Gasteiger charge is -2.34. The number of hydrogen-bond acceptors (Lipinski definition) is 2. The van der Waals surface area contributed by atoms with Gasteiger partial charge in [0.25, 0.3) is 0 Å². The summed E-state index contributed by atoms with van der Waals surface area (Å²) in [5.41, 5.74) is 1.97. The molecule has 1 aliphatic rings. The quantitative estimate of drug-likeness (QED) is 0.811. The van der Waals surface area contributed by atoms with Crippen molar-refractivity contribution >= 4 is 12.1 Å². The van der Waals surface area contributed by atoms with Crippen LogP contribution in [-0.2, 0) is 4.79 Å². The van der Waals surface area contributed by atoms with Crippen molar-refractivity contribution < 1.29 is 9.90 Å². The molecule has 17 heavy (non-hydrogen) atoms. The Morgan fingerprint density at radius 1 is 1.24 bits per heavy atom. The first-order valence-electron chi connectivity index (χ1n) is 6.14. The molecule has 1 fully saturated rings. The molecule has 1 saturated carbocycles. The van der Waals surface area contributed by atoms with E-state index in [4.69, 9.17) is 0 Å². The van der Waals surface area contributed by atoms with Crippen molar-refractivity contribution in [3.8, 4) is 0 Å². The normalized spacial score (nSPS) is 24.4. The molecule has 3 heteroatoms. The van der Waals surface area contributed by atoms with Gasteiger partial charge in [-0.2, -0.15) is 0 Å². The zero-order chi connectivity index (χ0) is 12.3. The highest BCUT2D eigenvalue weighted by molar-refractivity contribution is 5.76. The number of aliphatic hydroxyl groups is 1. The molecule has 1 radical (unpaired) electrons. The Morgan fingerprint density at radius 2 is 1.88 bits per heavy atom. The molecule has 0 heterocycles. The topological polar surface area (TPSA) is 40.5 Å². The Hall–Kier alpha value is -1.35. The Morgan fingerprint density at radius 3 is 2.47 bits per heavy atom. The van der Waals surface area contributed by atoms with E-state index in [1.54, 1.807) is 4.90 Å². The molecule has 0 saturated heterocycles. The summed E-state index contributed by atoms with van der Waals surface area (Å²) in [7, 11) is 0. The van der Waals surface area contributed by atoms with Crippen LogP contribution in [0.5, 0.6) is 0 Å². The molecule has 0 aliphatic heterocycles. The van der Waals surface area contributed by atoms with E-state index >= 15 is 0 Å². The maximum atomic E-state index is 11.1. The molecule has 1 aliphatic carbocycles. The second-order valence-corrected chi connectivity index (χ2v) is 4.72. The zero-order valence-electron chi connectivity index (χ0n) is 10.1. The Kier molecular flexibility index (Phi) is 3.79. The maximum Gasteiger partial charge on any atom is 0.317 e. The lowest BCUT2D eigenvalue weighted by molar-refractivity contribution is 0.109. The molecule has 3 nitrogen and oxygen atoms in total. The van der Waals surface area contributed by atoms with Gasteiger partial charge in [0.1, 0.15) is 0 Å². The van der Waals surface area contributed by atoms with Crippen LogP contribution in [0.4, 0.5) is 5.69 Å². The molecule has 1 N–H and O–H groups in total. The van der Waals surface area contributed by atoms with Crippen molar-refractivity contribution in [3.63, 3.8) is 0 Å². The number of benzene rings is 1. The largest absolute Gasteiger partial charge is 0.391 e. The molecular weight excluding hydrogens is 214 g/mol. The van der Waals surface area contributed by atoms with Crippen molar-refractivity contribution in [2.24, 2.45) is 0 Å². The van der Waals surface area contributed by atoms with Crippen LogP contribution in [-0.4, -0.2) is 23.7 Å². The first-order valence-corrected chi connectivity index (χ1v) is 6.14. The summed E-state index contributed by atoms with van der Waals surface area (Å²) in [4.78, 5) is 12.7. The standard InChI is InChI=1S/C14H18NO2/c1-11-6-8-12(9-7-11)15(10-16)13-4-2-3-5-14(13)17/h6-9,13-14,17H,2-5H2,1H3. The van der Waals surface area contributed by atoms with E-state index in [1.165, 1.54) is 0 Å². The van der Waals surface area contributed by atoms with Gasteiger partial charge < -0.3 is 5.11 Å².